The van der Waals surface area contributed by atoms with Crippen molar-refractivity contribution in [2.75, 3.05) is 12.4 Å². The average Bonchev–Trinajstić information content (AvgIpc) is 2.96. The van der Waals surface area contributed by atoms with Gasteiger partial charge in [0.2, 0.25) is 0 Å². The van der Waals surface area contributed by atoms with E-state index >= 15 is 0 Å². The number of aromatic nitrogens is 2. The monoisotopic (exact) mass is 297 g/mol. The van der Waals surface area contributed by atoms with E-state index in [2.05, 4.69) is 30.3 Å². The van der Waals surface area contributed by atoms with Crippen molar-refractivity contribution in [1.29, 1.82) is 0 Å². The minimum atomic E-state index is -0.336. The first-order valence-corrected chi connectivity index (χ1v) is 7.20. The van der Waals surface area contributed by atoms with Gasteiger partial charge in [-0.15, -0.1) is 0 Å². The van der Waals surface area contributed by atoms with Crippen LogP contribution in [0.3, 0.4) is 0 Å². The van der Waals surface area contributed by atoms with Gasteiger partial charge in [0.25, 0.3) is 0 Å². The van der Waals surface area contributed by atoms with E-state index in [0.717, 1.165) is 22.6 Å². The molecule has 0 spiro atoms. The van der Waals surface area contributed by atoms with Crippen LogP contribution >= 0.6 is 0 Å². The van der Waals surface area contributed by atoms with E-state index < -0.39 is 0 Å². The first-order chi connectivity index (χ1) is 10.5. The standard InChI is InChI=1S/C17H19N3O2/c1-10-6-5-7-13(11(10)2)16-15(17(21)22-4)12(3)19-14-8-9-18-20(14)16/h5-9,16,19H,1-4H3. The van der Waals surface area contributed by atoms with Gasteiger partial charge in [0.05, 0.1) is 18.9 Å². The molecule has 1 aromatic carbocycles. The summed E-state index contributed by atoms with van der Waals surface area (Å²) in [6.07, 6.45) is 1.73. The van der Waals surface area contributed by atoms with Crippen molar-refractivity contribution in [3.63, 3.8) is 0 Å². The molecular formula is C17H19N3O2. The molecule has 2 aromatic rings. The lowest BCUT2D eigenvalue weighted by Gasteiger charge is -2.30. The number of esters is 1. The predicted molar refractivity (Wildman–Crippen MR) is 84.6 cm³/mol. The minimum Gasteiger partial charge on any atom is -0.466 e. The van der Waals surface area contributed by atoms with Gasteiger partial charge >= 0.3 is 5.97 Å². The molecule has 114 valence electrons. The molecule has 0 saturated carbocycles. The molecule has 2 heterocycles. The number of carbonyl (C=O) groups excluding carboxylic acids is 1. The zero-order chi connectivity index (χ0) is 15.9. The largest absolute Gasteiger partial charge is 0.466 e. The molecule has 1 aliphatic heterocycles. The fourth-order valence-electron chi connectivity index (χ4n) is 2.94. The predicted octanol–water partition coefficient (Wildman–Crippen LogP) is 2.96. The summed E-state index contributed by atoms with van der Waals surface area (Å²) < 4.78 is 6.83. The lowest BCUT2D eigenvalue weighted by molar-refractivity contribution is -0.136. The van der Waals surface area contributed by atoms with Crippen LogP contribution < -0.4 is 5.32 Å². The van der Waals surface area contributed by atoms with E-state index in [0.29, 0.717) is 5.57 Å². The van der Waals surface area contributed by atoms with Crippen molar-refractivity contribution in [1.82, 2.24) is 9.78 Å². The number of nitrogens with zero attached hydrogens (tertiary/aromatic N) is 2. The van der Waals surface area contributed by atoms with Crippen molar-refractivity contribution in [2.45, 2.75) is 26.8 Å². The smallest absolute Gasteiger partial charge is 0.338 e. The van der Waals surface area contributed by atoms with Crippen molar-refractivity contribution < 1.29 is 9.53 Å². The van der Waals surface area contributed by atoms with Gasteiger partial charge in [-0.3, -0.25) is 0 Å². The third kappa shape index (κ3) is 2.09. The van der Waals surface area contributed by atoms with Crippen LogP contribution in [-0.4, -0.2) is 22.9 Å². The Balaban J connectivity index is 2.25. The number of fused-ring (bicyclic) bond motifs is 1. The third-order valence-electron chi connectivity index (χ3n) is 4.25. The van der Waals surface area contributed by atoms with Crippen LogP contribution in [0.2, 0.25) is 0 Å². The zero-order valence-electron chi connectivity index (χ0n) is 13.2. The van der Waals surface area contributed by atoms with Crippen LogP contribution in [0.4, 0.5) is 5.82 Å². The van der Waals surface area contributed by atoms with Crippen LogP contribution in [0.15, 0.2) is 41.7 Å². The number of anilines is 1. The molecule has 1 N–H and O–H groups in total. The number of rotatable bonds is 2. The topological polar surface area (TPSA) is 56.1 Å². The van der Waals surface area contributed by atoms with Crippen molar-refractivity contribution in [3.05, 3.63) is 58.4 Å². The van der Waals surface area contributed by atoms with E-state index in [9.17, 15) is 4.79 Å². The number of allylic oxidation sites excluding steroid dienone is 1. The van der Waals surface area contributed by atoms with Gasteiger partial charge in [0, 0.05) is 11.8 Å². The Morgan fingerprint density at radius 2 is 2.05 bits per heavy atom. The fraction of sp³-hybridized carbons (Fsp3) is 0.294. The molecule has 0 aliphatic carbocycles. The third-order valence-corrected chi connectivity index (χ3v) is 4.25. The Kier molecular flexibility index (Phi) is 3.48. The maximum atomic E-state index is 12.3. The van der Waals surface area contributed by atoms with Crippen LogP contribution in [-0.2, 0) is 9.53 Å². The number of aryl methyl sites for hydroxylation is 1. The Labute approximate surface area is 129 Å². The summed E-state index contributed by atoms with van der Waals surface area (Å²) in [5.74, 6) is 0.535. The molecule has 0 bridgehead atoms. The molecule has 0 fully saturated rings. The Morgan fingerprint density at radius 1 is 1.27 bits per heavy atom. The molecule has 22 heavy (non-hydrogen) atoms. The number of hydrogen-bond donors (Lipinski definition) is 1. The van der Waals surface area contributed by atoms with E-state index in [1.807, 2.05) is 29.8 Å². The van der Waals surface area contributed by atoms with Gasteiger partial charge in [-0.1, -0.05) is 18.2 Å². The number of hydrogen-bond acceptors (Lipinski definition) is 4. The van der Waals surface area contributed by atoms with E-state index in [1.165, 1.54) is 12.7 Å². The molecule has 1 atom stereocenters. The second-order valence-electron chi connectivity index (χ2n) is 5.51. The maximum Gasteiger partial charge on any atom is 0.338 e. The van der Waals surface area contributed by atoms with Gasteiger partial charge in [-0.05, 0) is 37.5 Å². The number of methoxy groups -OCH3 is 1. The molecule has 1 aliphatic rings. The van der Waals surface area contributed by atoms with Gasteiger partial charge in [-0.2, -0.15) is 5.10 Å². The number of carbonyl (C=O) groups is 1. The van der Waals surface area contributed by atoms with Crippen LogP contribution in [0, 0.1) is 13.8 Å². The normalized spacial score (nSPS) is 17.0. The second-order valence-corrected chi connectivity index (χ2v) is 5.51. The minimum absolute atomic E-state index is 0.279. The molecule has 0 saturated heterocycles. The van der Waals surface area contributed by atoms with Gasteiger partial charge in [0.15, 0.2) is 0 Å². The summed E-state index contributed by atoms with van der Waals surface area (Å²) in [5, 5.41) is 7.62. The van der Waals surface area contributed by atoms with Crippen LogP contribution in [0.25, 0.3) is 0 Å². The van der Waals surface area contributed by atoms with Crippen molar-refractivity contribution in [3.8, 4) is 0 Å². The highest BCUT2D eigenvalue weighted by atomic mass is 16.5. The van der Waals surface area contributed by atoms with Gasteiger partial charge in [-0.25, -0.2) is 9.48 Å². The van der Waals surface area contributed by atoms with Crippen LogP contribution in [0.1, 0.15) is 29.7 Å². The number of nitrogens with one attached hydrogen (secondary N) is 1. The highest BCUT2D eigenvalue weighted by Gasteiger charge is 2.34. The SMILES string of the molecule is COC(=O)C1=C(C)Nc2ccnn2C1c1cccc(C)c1C. The van der Waals surface area contributed by atoms with Gasteiger partial charge in [0.1, 0.15) is 11.9 Å². The highest BCUT2D eigenvalue weighted by Crippen LogP contribution is 2.37. The molecule has 5 nitrogen and oxygen atoms in total. The molecular weight excluding hydrogens is 278 g/mol. The summed E-state index contributed by atoms with van der Waals surface area (Å²) in [6.45, 7) is 6.03. The Hall–Kier alpha value is -2.56. The first kappa shape index (κ1) is 14.4. The fourth-order valence-corrected chi connectivity index (χ4v) is 2.94. The average molecular weight is 297 g/mol. The van der Waals surface area contributed by atoms with Crippen LogP contribution in [0.5, 0.6) is 0 Å². The number of ether oxygens (including phenoxy) is 1. The molecule has 5 heteroatoms. The molecule has 1 aromatic heterocycles. The van der Waals surface area contributed by atoms with Crippen molar-refractivity contribution >= 4 is 11.8 Å². The maximum absolute atomic E-state index is 12.3. The lowest BCUT2D eigenvalue weighted by Crippen LogP contribution is -2.29. The quantitative estimate of drug-likeness (QED) is 0.866. The summed E-state index contributed by atoms with van der Waals surface area (Å²) in [7, 11) is 1.40. The van der Waals surface area contributed by atoms with E-state index in [4.69, 9.17) is 4.74 Å². The molecule has 0 amide bonds. The Bertz CT molecular complexity index is 774. The lowest BCUT2D eigenvalue weighted by atomic mass is 9.90. The molecule has 3 rings (SSSR count). The molecule has 0 radical (unpaired) electrons. The Morgan fingerprint density at radius 3 is 2.77 bits per heavy atom. The first-order valence-electron chi connectivity index (χ1n) is 7.20. The zero-order valence-corrected chi connectivity index (χ0v) is 13.2. The van der Waals surface area contributed by atoms with Crippen molar-refractivity contribution in [2.24, 2.45) is 0 Å². The summed E-state index contributed by atoms with van der Waals surface area (Å²) in [6, 6.07) is 7.74. The highest BCUT2D eigenvalue weighted by molar-refractivity contribution is 5.92. The second kappa shape index (κ2) is 5.33. The molecule has 1 unspecified atom stereocenters. The summed E-state index contributed by atoms with van der Waals surface area (Å²) in [5.41, 5.74) is 4.79. The van der Waals surface area contributed by atoms with E-state index in [-0.39, 0.29) is 12.0 Å². The summed E-state index contributed by atoms with van der Waals surface area (Å²) in [4.78, 5) is 12.3. The van der Waals surface area contributed by atoms with Gasteiger partial charge < -0.3 is 10.1 Å². The summed E-state index contributed by atoms with van der Waals surface area (Å²) >= 11 is 0. The van der Waals surface area contributed by atoms with E-state index in [1.54, 1.807) is 6.20 Å². The number of benzene rings is 1.